The van der Waals surface area contributed by atoms with E-state index in [1.165, 1.54) is 5.56 Å². The number of amides is 1. The molecule has 10 heteroatoms. The molecule has 0 spiro atoms. The second-order valence-corrected chi connectivity index (χ2v) is 12.2. The van der Waals surface area contributed by atoms with Gasteiger partial charge in [0, 0.05) is 68.9 Å². The Morgan fingerprint density at radius 3 is 2.47 bits per heavy atom. The third-order valence-corrected chi connectivity index (χ3v) is 9.00. The van der Waals surface area contributed by atoms with Crippen molar-refractivity contribution in [3.63, 3.8) is 0 Å². The van der Waals surface area contributed by atoms with Gasteiger partial charge >= 0.3 is 0 Å². The maximum absolute atomic E-state index is 13.3. The first-order valence-electron chi connectivity index (χ1n) is 15.7. The minimum Gasteiger partial charge on any atom is -0.496 e. The van der Waals surface area contributed by atoms with Crippen molar-refractivity contribution < 1.29 is 14.3 Å². The van der Waals surface area contributed by atoms with Gasteiger partial charge in [0.25, 0.3) is 5.91 Å². The molecule has 2 fully saturated rings. The van der Waals surface area contributed by atoms with Gasteiger partial charge < -0.3 is 25.4 Å². The average molecular weight is 610 g/mol. The van der Waals surface area contributed by atoms with Crippen molar-refractivity contribution in [2.75, 3.05) is 46.1 Å². The second kappa shape index (κ2) is 13.8. The molecule has 1 saturated carbocycles. The second-order valence-electron chi connectivity index (χ2n) is 12.2. The molecule has 3 heterocycles. The zero-order valence-corrected chi connectivity index (χ0v) is 26.4. The fraction of sp³-hybridized carbons (Fsp3) is 0.400. The number of nitrogens with one attached hydrogen (secondary N) is 1. The summed E-state index contributed by atoms with van der Waals surface area (Å²) in [5.41, 5.74) is 12.7. The van der Waals surface area contributed by atoms with Crippen molar-refractivity contribution in [2.24, 2.45) is 7.05 Å². The Morgan fingerprint density at radius 1 is 0.956 bits per heavy atom. The lowest BCUT2D eigenvalue weighted by Gasteiger charge is -2.32. The van der Waals surface area contributed by atoms with Crippen LogP contribution in [-0.2, 0) is 24.9 Å². The molecule has 0 unspecified atom stereocenters. The molecule has 2 aromatic heterocycles. The summed E-state index contributed by atoms with van der Waals surface area (Å²) < 4.78 is 13.8. The number of aromatic nitrogens is 3. The number of benzene rings is 2. The fourth-order valence-corrected chi connectivity index (χ4v) is 6.22. The normalized spacial score (nSPS) is 19.1. The first kappa shape index (κ1) is 30.8. The molecular formula is C35H43N7O3. The van der Waals surface area contributed by atoms with Gasteiger partial charge in [-0.3, -0.25) is 14.4 Å². The van der Waals surface area contributed by atoms with Crippen LogP contribution in [0.2, 0.25) is 0 Å². The van der Waals surface area contributed by atoms with E-state index in [1.54, 1.807) is 30.3 Å². The summed E-state index contributed by atoms with van der Waals surface area (Å²) in [7, 11) is 5.77. The Labute approximate surface area is 265 Å². The molecular weight excluding hydrogens is 566 g/mol. The SMILES string of the molecule is COc1cc(-c2ccc(CO[C@H]3CCC[C@@H]3NC(=O)c3cc(-c4cnn(C)c4)cnc3N)cc2)ccc1CN1CCN(C)CC1. The number of methoxy groups -OCH3 is 1. The van der Waals surface area contributed by atoms with E-state index >= 15 is 0 Å². The zero-order chi connectivity index (χ0) is 31.3. The summed E-state index contributed by atoms with van der Waals surface area (Å²) in [6.45, 7) is 5.73. The monoisotopic (exact) mass is 609 g/mol. The Hall–Kier alpha value is -4.25. The maximum Gasteiger partial charge on any atom is 0.255 e. The number of aryl methyl sites for hydroxylation is 1. The largest absolute Gasteiger partial charge is 0.496 e. The Bertz CT molecular complexity index is 1610. The average Bonchev–Trinajstić information content (AvgIpc) is 3.70. The van der Waals surface area contributed by atoms with E-state index in [9.17, 15) is 4.79 Å². The highest BCUT2D eigenvalue weighted by atomic mass is 16.5. The van der Waals surface area contributed by atoms with Gasteiger partial charge in [0.1, 0.15) is 11.6 Å². The molecule has 2 aromatic carbocycles. The highest BCUT2D eigenvalue weighted by Gasteiger charge is 2.30. The number of carbonyl (C=O) groups is 1. The molecule has 1 aliphatic carbocycles. The van der Waals surface area contributed by atoms with E-state index < -0.39 is 0 Å². The molecule has 2 atom stereocenters. The molecule has 0 bridgehead atoms. The zero-order valence-electron chi connectivity index (χ0n) is 26.4. The number of hydrogen-bond acceptors (Lipinski definition) is 8. The summed E-state index contributed by atoms with van der Waals surface area (Å²) in [6.07, 6.45) is 7.96. The number of rotatable bonds is 10. The molecule has 0 radical (unpaired) electrons. The van der Waals surface area contributed by atoms with Gasteiger partial charge in [0.15, 0.2) is 0 Å². The number of ether oxygens (including phenoxy) is 2. The summed E-state index contributed by atoms with van der Waals surface area (Å²) in [5.74, 6) is 0.896. The van der Waals surface area contributed by atoms with Crippen LogP contribution in [-0.4, -0.2) is 83.0 Å². The van der Waals surface area contributed by atoms with Crippen LogP contribution >= 0.6 is 0 Å². The smallest absolute Gasteiger partial charge is 0.255 e. The van der Waals surface area contributed by atoms with Crippen molar-refractivity contribution in [3.8, 4) is 28.0 Å². The Kier molecular flexibility index (Phi) is 9.44. The van der Waals surface area contributed by atoms with E-state index in [0.29, 0.717) is 12.2 Å². The van der Waals surface area contributed by atoms with E-state index in [1.807, 2.05) is 13.2 Å². The summed E-state index contributed by atoms with van der Waals surface area (Å²) in [5, 5.41) is 7.37. The van der Waals surface area contributed by atoms with Crippen LogP contribution in [0.4, 0.5) is 5.82 Å². The molecule has 4 aromatic rings. The van der Waals surface area contributed by atoms with Gasteiger partial charge in [0.05, 0.1) is 37.6 Å². The van der Waals surface area contributed by atoms with Crippen LogP contribution in [0.3, 0.4) is 0 Å². The number of piperazine rings is 1. The Balaban J connectivity index is 1.05. The van der Waals surface area contributed by atoms with Crippen LogP contribution in [0.5, 0.6) is 5.75 Å². The lowest BCUT2D eigenvalue weighted by molar-refractivity contribution is 0.0272. The topological polar surface area (TPSA) is 111 Å². The predicted molar refractivity (Wildman–Crippen MR) is 176 cm³/mol. The number of hydrogen-bond donors (Lipinski definition) is 2. The molecule has 6 rings (SSSR count). The van der Waals surface area contributed by atoms with Gasteiger partial charge in [0.2, 0.25) is 0 Å². The molecule has 10 nitrogen and oxygen atoms in total. The van der Waals surface area contributed by atoms with Gasteiger partial charge in [-0.25, -0.2) is 4.98 Å². The molecule has 45 heavy (non-hydrogen) atoms. The lowest BCUT2D eigenvalue weighted by atomic mass is 10.0. The number of pyridine rings is 1. The van der Waals surface area contributed by atoms with Gasteiger partial charge in [-0.15, -0.1) is 0 Å². The third-order valence-electron chi connectivity index (χ3n) is 9.00. The van der Waals surface area contributed by atoms with Crippen molar-refractivity contribution in [2.45, 2.75) is 44.6 Å². The minimum atomic E-state index is -0.236. The van der Waals surface area contributed by atoms with Crippen LogP contribution in [0, 0.1) is 0 Å². The highest BCUT2D eigenvalue weighted by molar-refractivity contribution is 5.99. The fourth-order valence-electron chi connectivity index (χ4n) is 6.22. The molecule has 1 aliphatic heterocycles. The van der Waals surface area contributed by atoms with E-state index in [4.69, 9.17) is 15.2 Å². The van der Waals surface area contributed by atoms with E-state index in [0.717, 1.165) is 85.6 Å². The molecule has 3 N–H and O–H groups in total. The van der Waals surface area contributed by atoms with Crippen LogP contribution < -0.4 is 15.8 Å². The third kappa shape index (κ3) is 7.36. The van der Waals surface area contributed by atoms with Crippen molar-refractivity contribution in [1.29, 1.82) is 0 Å². The molecule has 1 saturated heterocycles. The van der Waals surface area contributed by atoms with Gasteiger partial charge in [-0.2, -0.15) is 5.10 Å². The number of anilines is 1. The minimum absolute atomic E-state index is 0.0681. The first-order chi connectivity index (χ1) is 21.9. The number of carbonyl (C=O) groups excluding carboxylic acids is 1. The molecule has 236 valence electrons. The van der Waals surface area contributed by atoms with Crippen LogP contribution in [0.25, 0.3) is 22.3 Å². The van der Waals surface area contributed by atoms with Gasteiger partial charge in [-0.05, 0) is 55.1 Å². The van der Waals surface area contributed by atoms with Crippen molar-refractivity contribution in [1.82, 2.24) is 29.9 Å². The number of nitrogens with two attached hydrogens (primary N) is 1. The van der Waals surface area contributed by atoms with E-state index in [2.05, 4.69) is 74.7 Å². The Morgan fingerprint density at radius 2 is 1.73 bits per heavy atom. The summed E-state index contributed by atoms with van der Waals surface area (Å²) >= 11 is 0. The molecule has 2 aliphatic rings. The number of nitrogens with zero attached hydrogens (tertiary/aromatic N) is 5. The van der Waals surface area contributed by atoms with Crippen molar-refractivity contribution >= 4 is 11.7 Å². The highest BCUT2D eigenvalue weighted by Crippen LogP contribution is 2.30. The van der Waals surface area contributed by atoms with E-state index in [-0.39, 0.29) is 23.9 Å². The number of nitrogen functional groups attached to an aromatic ring is 1. The lowest BCUT2D eigenvalue weighted by Crippen LogP contribution is -2.43. The first-order valence-corrected chi connectivity index (χ1v) is 15.7. The van der Waals surface area contributed by atoms with Crippen molar-refractivity contribution in [3.05, 3.63) is 83.8 Å². The standard InChI is InChI=1S/C35H43N7O3/c1-40-13-15-42(16-14-40)22-27-12-11-26(18-33(27)44-3)25-9-7-24(8-10-25)23-45-32-6-4-5-31(32)39-35(43)30-17-28(19-37-34(30)36)29-20-38-41(2)21-29/h7-12,17-21,31-32H,4-6,13-16,22-23H2,1-3H3,(H2,36,37)(H,39,43)/t31-,32-/m0/s1. The van der Waals surface area contributed by atoms with Crippen LogP contribution in [0.15, 0.2) is 67.1 Å². The number of likely N-dealkylation sites (N-methyl/N-ethyl adjacent to an activating group) is 1. The quantitative estimate of drug-likeness (QED) is 0.273. The maximum atomic E-state index is 13.3. The summed E-state index contributed by atoms with van der Waals surface area (Å²) in [6, 6.07) is 16.7. The summed E-state index contributed by atoms with van der Waals surface area (Å²) in [4.78, 5) is 22.4. The van der Waals surface area contributed by atoms with Gasteiger partial charge in [-0.1, -0.05) is 36.4 Å². The van der Waals surface area contributed by atoms with Crippen LogP contribution in [0.1, 0.15) is 40.7 Å². The predicted octanol–water partition coefficient (Wildman–Crippen LogP) is 4.36. The molecule has 1 amide bonds.